The molecule has 7 nitrogen and oxygen atoms in total. The van der Waals surface area contributed by atoms with Crippen LogP contribution >= 0.6 is 0 Å². The predicted molar refractivity (Wildman–Crippen MR) is 101 cm³/mol. The summed E-state index contributed by atoms with van der Waals surface area (Å²) < 4.78 is 5.99. The molecule has 2 aromatic heterocycles. The quantitative estimate of drug-likeness (QED) is 0.750. The number of anilines is 1. The number of hydrogen-bond donors (Lipinski definition) is 2. The second-order valence-corrected chi connectivity index (χ2v) is 7.27. The number of nitrogens with one attached hydrogen (secondary N) is 1. The first-order valence-electron chi connectivity index (χ1n) is 8.98. The maximum atomic E-state index is 6.21. The highest BCUT2D eigenvalue weighted by molar-refractivity contribution is 5.77. The molecule has 1 aromatic carbocycles. The molecule has 1 aliphatic rings. The summed E-state index contributed by atoms with van der Waals surface area (Å²) >= 11 is 0. The molecule has 3 aromatic rings. The first-order valence-corrected chi connectivity index (χ1v) is 8.98. The Morgan fingerprint density at radius 3 is 2.69 bits per heavy atom. The highest BCUT2D eigenvalue weighted by Crippen LogP contribution is 2.28. The molecule has 1 aliphatic heterocycles. The van der Waals surface area contributed by atoms with E-state index in [-0.39, 0.29) is 11.6 Å². The van der Waals surface area contributed by atoms with Gasteiger partial charge in [-0.1, -0.05) is 30.3 Å². The third kappa shape index (κ3) is 3.35. The van der Waals surface area contributed by atoms with Gasteiger partial charge in [-0.2, -0.15) is 0 Å². The van der Waals surface area contributed by atoms with Gasteiger partial charge in [0.2, 0.25) is 0 Å². The van der Waals surface area contributed by atoms with E-state index in [2.05, 4.69) is 32.0 Å². The molecular formula is C19H24N6O. The number of nitrogens with two attached hydrogens (primary N) is 1. The molecule has 7 heteroatoms. The monoisotopic (exact) mass is 352 g/mol. The van der Waals surface area contributed by atoms with Crippen LogP contribution in [0.5, 0.6) is 5.88 Å². The van der Waals surface area contributed by atoms with Gasteiger partial charge < -0.3 is 15.4 Å². The van der Waals surface area contributed by atoms with Crippen LogP contribution in [-0.4, -0.2) is 38.8 Å². The molecule has 1 saturated heterocycles. The minimum Gasteiger partial charge on any atom is -0.467 e. The molecule has 26 heavy (non-hydrogen) atoms. The van der Waals surface area contributed by atoms with E-state index in [0.29, 0.717) is 17.0 Å². The van der Waals surface area contributed by atoms with E-state index < -0.39 is 0 Å². The van der Waals surface area contributed by atoms with Crippen LogP contribution in [0.1, 0.15) is 38.4 Å². The van der Waals surface area contributed by atoms with E-state index in [0.717, 1.165) is 37.3 Å². The number of ether oxygens (including phenoxy) is 1. The topological polar surface area (TPSA) is 93.0 Å². The lowest BCUT2D eigenvalue weighted by Crippen LogP contribution is -2.48. The number of benzene rings is 1. The summed E-state index contributed by atoms with van der Waals surface area (Å²) in [6, 6.07) is 10.0. The minimum absolute atomic E-state index is 0.0867. The third-order valence-corrected chi connectivity index (χ3v) is 5.01. The molecule has 0 saturated carbocycles. The maximum Gasteiger partial charge on any atom is 0.261 e. The largest absolute Gasteiger partial charge is 0.467 e. The normalized spacial score (nSPS) is 18.0. The molecule has 1 fully saturated rings. The fraction of sp³-hybridized carbons (Fsp3) is 0.421. The molecular weight excluding hydrogens is 328 g/mol. The number of rotatable bonds is 4. The van der Waals surface area contributed by atoms with E-state index >= 15 is 0 Å². The predicted octanol–water partition coefficient (Wildman–Crippen LogP) is 2.81. The zero-order chi connectivity index (χ0) is 18.1. The number of aromatic nitrogens is 4. The molecule has 3 heterocycles. The van der Waals surface area contributed by atoms with Crippen molar-refractivity contribution in [2.45, 2.75) is 38.3 Å². The highest BCUT2D eigenvalue weighted by atomic mass is 16.5. The number of aromatic amines is 1. The second-order valence-electron chi connectivity index (χ2n) is 7.27. The lowest BCUT2D eigenvalue weighted by Gasteiger charge is -2.37. The summed E-state index contributed by atoms with van der Waals surface area (Å²) in [5.41, 5.74) is 8.50. The summed E-state index contributed by atoms with van der Waals surface area (Å²) in [7, 11) is 0. The van der Waals surface area contributed by atoms with Gasteiger partial charge in [-0.05, 0) is 32.3 Å². The molecule has 3 N–H and O–H groups in total. The van der Waals surface area contributed by atoms with Gasteiger partial charge in [-0.25, -0.2) is 9.97 Å². The van der Waals surface area contributed by atoms with Crippen LogP contribution in [0.4, 0.5) is 5.82 Å². The van der Waals surface area contributed by atoms with Crippen molar-refractivity contribution in [1.82, 2.24) is 20.2 Å². The summed E-state index contributed by atoms with van der Waals surface area (Å²) in [5.74, 6) is 1.32. The van der Waals surface area contributed by atoms with E-state index in [4.69, 9.17) is 10.5 Å². The Hall–Kier alpha value is -2.67. The molecule has 1 atom stereocenters. The maximum absolute atomic E-state index is 6.21. The van der Waals surface area contributed by atoms with Crippen LogP contribution in [0.2, 0.25) is 0 Å². The Bertz CT molecular complexity index is 881. The van der Waals surface area contributed by atoms with Gasteiger partial charge in [0, 0.05) is 18.6 Å². The van der Waals surface area contributed by atoms with Crippen LogP contribution in [0.25, 0.3) is 11.2 Å². The first-order chi connectivity index (χ1) is 12.5. The fourth-order valence-electron chi connectivity index (χ4n) is 3.21. The van der Waals surface area contributed by atoms with E-state index in [1.807, 2.05) is 37.3 Å². The van der Waals surface area contributed by atoms with Gasteiger partial charge >= 0.3 is 0 Å². The van der Waals surface area contributed by atoms with Crippen molar-refractivity contribution in [2.75, 3.05) is 18.0 Å². The summed E-state index contributed by atoms with van der Waals surface area (Å²) in [5, 5.41) is 7.20. The Morgan fingerprint density at radius 2 is 1.96 bits per heavy atom. The molecule has 0 amide bonds. The fourth-order valence-corrected chi connectivity index (χ4v) is 3.21. The number of nitrogens with zero attached hydrogens (tertiary/aromatic N) is 4. The SMILES string of the molecule is CC(Oc1n[nH]c2nc(N3CCC(C)(N)CC3)cnc12)c1ccccc1. The highest BCUT2D eigenvalue weighted by Gasteiger charge is 2.27. The molecule has 0 radical (unpaired) electrons. The van der Waals surface area contributed by atoms with Crippen molar-refractivity contribution >= 4 is 17.0 Å². The number of piperidine rings is 1. The van der Waals surface area contributed by atoms with Crippen molar-refractivity contribution in [2.24, 2.45) is 5.73 Å². The van der Waals surface area contributed by atoms with Gasteiger partial charge in [0.05, 0.1) is 6.20 Å². The van der Waals surface area contributed by atoms with Crippen LogP contribution in [-0.2, 0) is 0 Å². The Labute approximate surface area is 152 Å². The Balaban J connectivity index is 1.52. The minimum atomic E-state index is -0.117. The Morgan fingerprint density at radius 1 is 1.23 bits per heavy atom. The summed E-state index contributed by atoms with van der Waals surface area (Å²) in [6.07, 6.45) is 3.56. The zero-order valence-corrected chi connectivity index (χ0v) is 15.1. The van der Waals surface area contributed by atoms with E-state index in [9.17, 15) is 0 Å². The lowest BCUT2D eigenvalue weighted by atomic mass is 9.91. The average Bonchev–Trinajstić information content (AvgIpc) is 3.04. The third-order valence-electron chi connectivity index (χ3n) is 5.01. The molecule has 0 aliphatic carbocycles. The molecule has 136 valence electrons. The first kappa shape index (κ1) is 16.8. The van der Waals surface area contributed by atoms with E-state index in [1.54, 1.807) is 6.20 Å². The van der Waals surface area contributed by atoms with Gasteiger partial charge in [0.1, 0.15) is 11.9 Å². The smallest absolute Gasteiger partial charge is 0.261 e. The van der Waals surface area contributed by atoms with Gasteiger partial charge in [-0.3, -0.25) is 5.10 Å². The van der Waals surface area contributed by atoms with Crippen molar-refractivity contribution < 1.29 is 4.74 Å². The van der Waals surface area contributed by atoms with Gasteiger partial charge in [0.25, 0.3) is 5.88 Å². The standard InChI is InChI=1S/C19H24N6O/c1-13(14-6-4-3-5-7-14)26-18-16-17(23-24-18)22-15(12-21-16)25-10-8-19(2,20)9-11-25/h3-7,12-13H,8-11,20H2,1-2H3,(H,22,23,24). The Kier molecular flexibility index (Phi) is 4.24. The lowest BCUT2D eigenvalue weighted by molar-refractivity contribution is 0.219. The summed E-state index contributed by atoms with van der Waals surface area (Å²) in [4.78, 5) is 11.4. The van der Waals surface area contributed by atoms with Crippen molar-refractivity contribution in [3.05, 3.63) is 42.1 Å². The zero-order valence-electron chi connectivity index (χ0n) is 15.1. The van der Waals surface area contributed by atoms with Crippen molar-refractivity contribution in [3.8, 4) is 5.88 Å². The number of hydrogen-bond acceptors (Lipinski definition) is 6. The number of fused-ring (bicyclic) bond motifs is 1. The molecule has 4 rings (SSSR count). The van der Waals surface area contributed by atoms with E-state index in [1.165, 1.54) is 0 Å². The van der Waals surface area contributed by atoms with Crippen LogP contribution in [0.3, 0.4) is 0 Å². The van der Waals surface area contributed by atoms with Crippen LogP contribution < -0.4 is 15.4 Å². The average molecular weight is 352 g/mol. The number of H-pyrrole nitrogens is 1. The summed E-state index contributed by atoms with van der Waals surface area (Å²) in [6.45, 7) is 5.87. The van der Waals surface area contributed by atoms with Crippen LogP contribution in [0.15, 0.2) is 36.5 Å². The van der Waals surface area contributed by atoms with Crippen molar-refractivity contribution in [1.29, 1.82) is 0 Å². The molecule has 1 unspecified atom stereocenters. The second kappa shape index (κ2) is 6.57. The molecule has 0 spiro atoms. The molecule has 0 bridgehead atoms. The van der Waals surface area contributed by atoms with Gasteiger partial charge in [-0.15, -0.1) is 5.10 Å². The van der Waals surface area contributed by atoms with Crippen LogP contribution in [0, 0.1) is 0 Å². The van der Waals surface area contributed by atoms with Crippen molar-refractivity contribution in [3.63, 3.8) is 0 Å². The van der Waals surface area contributed by atoms with Gasteiger partial charge in [0.15, 0.2) is 11.2 Å².